The van der Waals surface area contributed by atoms with Crippen molar-refractivity contribution in [2.75, 3.05) is 20.1 Å². The quantitative estimate of drug-likeness (QED) is 0.520. The highest BCUT2D eigenvalue weighted by atomic mass is 16.3. The average Bonchev–Trinajstić information content (AvgIpc) is 2.64. The summed E-state index contributed by atoms with van der Waals surface area (Å²) in [6, 6.07) is 10.7. The molecule has 0 unspecified atom stereocenters. The first-order chi connectivity index (χ1) is 12.2. The molecule has 3 N–H and O–H groups in total. The fourth-order valence-corrected chi connectivity index (χ4v) is 2.75. The molecule has 1 aliphatic rings. The molecule has 1 fully saturated rings. The van der Waals surface area contributed by atoms with Gasteiger partial charge in [0, 0.05) is 19.5 Å². The summed E-state index contributed by atoms with van der Waals surface area (Å²) in [6.07, 6.45) is 7.22. The maximum absolute atomic E-state index is 9.52. The molecule has 142 valence electrons. The zero-order valence-electron chi connectivity index (χ0n) is 15.6. The fourth-order valence-electron chi connectivity index (χ4n) is 2.75. The Morgan fingerprint density at radius 1 is 1.12 bits per heavy atom. The van der Waals surface area contributed by atoms with Crippen LogP contribution in [-0.4, -0.2) is 38.0 Å². The number of rotatable bonds is 7. The molecule has 0 saturated heterocycles. The molecule has 1 aliphatic carbocycles. The van der Waals surface area contributed by atoms with E-state index in [0.29, 0.717) is 6.42 Å². The first-order valence-corrected chi connectivity index (χ1v) is 9.08. The van der Waals surface area contributed by atoms with E-state index in [1.165, 1.54) is 37.8 Å². The maximum Gasteiger partial charge on any atom is 0.290 e. The molecular weight excluding hydrogens is 316 g/mol. The molecule has 0 aromatic heterocycles. The Morgan fingerprint density at radius 2 is 1.72 bits per heavy atom. The van der Waals surface area contributed by atoms with Gasteiger partial charge in [-0.1, -0.05) is 50.1 Å². The molecule has 2 rings (SSSR count). The molecule has 0 heterocycles. The third-order valence-corrected chi connectivity index (χ3v) is 4.25. The Balaban J connectivity index is 0.000000538. The summed E-state index contributed by atoms with van der Waals surface area (Å²) in [5.74, 6) is 1.88. The number of carbonyl (C=O) groups is 2. The first-order valence-electron chi connectivity index (χ1n) is 9.08. The van der Waals surface area contributed by atoms with E-state index in [1.807, 2.05) is 7.05 Å². The van der Waals surface area contributed by atoms with Crippen LogP contribution in [0.25, 0.3) is 0 Å². The lowest BCUT2D eigenvalue weighted by Gasteiger charge is -2.26. The van der Waals surface area contributed by atoms with Crippen LogP contribution in [0.15, 0.2) is 30.3 Å². The smallest absolute Gasteiger partial charge is 0.290 e. The molecular formula is C20H34N2O3. The highest BCUT2D eigenvalue weighted by Gasteiger charge is 2.17. The predicted molar refractivity (Wildman–Crippen MR) is 103 cm³/mol. The van der Waals surface area contributed by atoms with E-state index in [4.69, 9.17) is 9.90 Å². The van der Waals surface area contributed by atoms with Gasteiger partial charge in [-0.25, -0.2) is 0 Å². The van der Waals surface area contributed by atoms with Gasteiger partial charge in [0.25, 0.3) is 6.47 Å². The predicted octanol–water partition coefficient (Wildman–Crippen LogP) is 3.10. The molecule has 0 radical (unpaired) electrons. The minimum atomic E-state index is -0.250. The molecule has 1 aromatic carbocycles. The lowest BCUT2D eigenvalue weighted by atomic mass is 9.83. The molecule has 1 saturated carbocycles. The lowest BCUT2D eigenvalue weighted by molar-refractivity contribution is -0.122. The number of hydrogen-bond acceptors (Lipinski definition) is 4. The van der Waals surface area contributed by atoms with Gasteiger partial charge in [-0.3, -0.25) is 4.79 Å². The van der Waals surface area contributed by atoms with Crippen molar-refractivity contribution < 1.29 is 14.7 Å². The number of carboxylic acid groups (broad SMARTS) is 1. The summed E-state index contributed by atoms with van der Waals surface area (Å²) < 4.78 is 0. The zero-order valence-corrected chi connectivity index (χ0v) is 15.6. The third kappa shape index (κ3) is 14.3. The van der Waals surface area contributed by atoms with Crippen LogP contribution < -0.4 is 10.6 Å². The minimum absolute atomic E-state index is 0.250. The van der Waals surface area contributed by atoms with Gasteiger partial charge < -0.3 is 20.5 Å². The standard InChI is InChI=1S/C15H23N.C4H9NO.CH2O2/c1-13-7-9-15(10-8-13)12-16-11-14-5-3-2-4-6-14;1-5-3-2-4-6;2-1-3/h2-6,13,15-16H,7-12H2,1H3;4-5H,2-3H2,1H3;1H,(H,2,3). The van der Waals surface area contributed by atoms with Crippen LogP contribution in [-0.2, 0) is 16.1 Å². The molecule has 0 spiro atoms. The normalized spacial score (nSPS) is 18.8. The van der Waals surface area contributed by atoms with Gasteiger partial charge in [0.1, 0.15) is 6.29 Å². The molecule has 0 amide bonds. The number of aldehydes is 1. The Labute approximate surface area is 152 Å². The highest BCUT2D eigenvalue weighted by molar-refractivity contribution is 5.49. The van der Waals surface area contributed by atoms with Crippen LogP contribution in [0.4, 0.5) is 0 Å². The van der Waals surface area contributed by atoms with Gasteiger partial charge in [0.05, 0.1) is 0 Å². The van der Waals surface area contributed by atoms with Crippen LogP contribution >= 0.6 is 0 Å². The second-order valence-electron chi connectivity index (χ2n) is 6.41. The minimum Gasteiger partial charge on any atom is -0.483 e. The molecule has 25 heavy (non-hydrogen) atoms. The second kappa shape index (κ2) is 17.1. The van der Waals surface area contributed by atoms with Crippen molar-refractivity contribution in [1.82, 2.24) is 10.6 Å². The third-order valence-electron chi connectivity index (χ3n) is 4.25. The fraction of sp³-hybridized carbons (Fsp3) is 0.600. The molecule has 5 nitrogen and oxygen atoms in total. The van der Waals surface area contributed by atoms with E-state index < -0.39 is 0 Å². The molecule has 0 bridgehead atoms. The van der Waals surface area contributed by atoms with Crippen LogP contribution in [0, 0.1) is 11.8 Å². The summed E-state index contributed by atoms with van der Waals surface area (Å²) in [6.45, 7) is 5.14. The van der Waals surface area contributed by atoms with Gasteiger partial charge in [0.15, 0.2) is 0 Å². The largest absolute Gasteiger partial charge is 0.483 e. The Hall–Kier alpha value is -1.72. The summed E-state index contributed by atoms with van der Waals surface area (Å²) in [4.78, 5) is 17.9. The first kappa shape index (κ1) is 23.3. The summed E-state index contributed by atoms with van der Waals surface area (Å²) in [5.41, 5.74) is 1.40. The van der Waals surface area contributed by atoms with Crippen molar-refractivity contribution in [3.8, 4) is 0 Å². The Kier molecular flexibility index (Phi) is 15.9. The maximum atomic E-state index is 9.52. The zero-order chi connectivity index (χ0) is 18.8. The van der Waals surface area contributed by atoms with Crippen molar-refractivity contribution >= 4 is 12.8 Å². The molecule has 5 heteroatoms. The average molecular weight is 351 g/mol. The summed E-state index contributed by atoms with van der Waals surface area (Å²) in [7, 11) is 1.82. The SMILES string of the molecule is CC1CCC(CNCc2ccccc2)CC1.CNCCC=O.O=CO. The van der Waals surface area contributed by atoms with Crippen molar-refractivity contribution in [2.24, 2.45) is 11.8 Å². The molecule has 0 atom stereocenters. The van der Waals surface area contributed by atoms with Gasteiger partial charge in [0.2, 0.25) is 0 Å². The van der Waals surface area contributed by atoms with Gasteiger partial charge >= 0.3 is 0 Å². The Morgan fingerprint density at radius 3 is 2.20 bits per heavy atom. The number of benzene rings is 1. The number of hydrogen-bond donors (Lipinski definition) is 3. The van der Waals surface area contributed by atoms with Crippen molar-refractivity contribution in [3.05, 3.63) is 35.9 Å². The lowest BCUT2D eigenvalue weighted by Crippen LogP contribution is -2.25. The van der Waals surface area contributed by atoms with Gasteiger partial charge in [-0.05, 0) is 43.8 Å². The molecule has 1 aromatic rings. The van der Waals surface area contributed by atoms with Crippen molar-refractivity contribution in [3.63, 3.8) is 0 Å². The van der Waals surface area contributed by atoms with Crippen LogP contribution in [0.1, 0.15) is 44.6 Å². The van der Waals surface area contributed by atoms with Gasteiger partial charge in [-0.15, -0.1) is 0 Å². The van der Waals surface area contributed by atoms with E-state index in [-0.39, 0.29) is 6.47 Å². The second-order valence-corrected chi connectivity index (χ2v) is 6.41. The molecule has 0 aliphatic heterocycles. The van der Waals surface area contributed by atoms with Crippen molar-refractivity contribution in [1.29, 1.82) is 0 Å². The van der Waals surface area contributed by atoms with Crippen LogP contribution in [0.5, 0.6) is 0 Å². The Bertz CT molecular complexity index is 418. The van der Waals surface area contributed by atoms with E-state index in [9.17, 15) is 4.79 Å². The highest BCUT2D eigenvalue weighted by Crippen LogP contribution is 2.27. The number of nitrogens with one attached hydrogen (secondary N) is 2. The summed E-state index contributed by atoms with van der Waals surface area (Å²) >= 11 is 0. The van der Waals surface area contributed by atoms with Crippen LogP contribution in [0.2, 0.25) is 0 Å². The van der Waals surface area contributed by atoms with E-state index >= 15 is 0 Å². The van der Waals surface area contributed by atoms with Gasteiger partial charge in [-0.2, -0.15) is 0 Å². The number of carbonyl (C=O) groups excluding carboxylic acids is 1. The van der Waals surface area contributed by atoms with E-state index in [0.717, 1.165) is 31.2 Å². The monoisotopic (exact) mass is 350 g/mol. The van der Waals surface area contributed by atoms with E-state index in [1.54, 1.807) is 0 Å². The summed E-state index contributed by atoms with van der Waals surface area (Å²) in [5, 5.41) is 13.3. The van der Waals surface area contributed by atoms with Crippen molar-refractivity contribution in [2.45, 2.75) is 45.6 Å². The van der Waals surface area contributed by atoms with E-state index in [2.05, 4.69) is 47.9 Å². The van der Waals surface area contributed by atoms with Crippen LogP contribution in [0.3, 0.4) is 0 Å². The topological polar surface area (TPSA) is 78.4 Å².